The number of nitrogens with zero attached hydrogens (tertiary/aromatic N) is 3. The van der Waals surface area contributed by atoms with Crippen LogP contribution in [0.15, 0.2) is 41.3 Å². The second-order valence-electron chi connectivity index (χ2n) is 4.84. The number of ether oxygens (including phenoxy) is 1. The predicted molar refractivity (Wildman–Crippen MR) is 82.6 cm³/mol. The van der Waals surface area contributed by atoms with Gasteiger partial charge in [0, 0.05) is 11.8 Å². The summed E-state index contributed by atoms with van der Waals surface area (Å²) in [6, 6.07) is 6.14. The number of aryl methyl sites for hydroxylation is 1. The maximum atomic E-state index is 12.6. The van der Waals surface area contributed by atoms with E-state index in [0.717, 1.165) is 0 Å². The molecule has 1 aromatic carbocycles. The number of aromatic nitrogens is 3. The summed E-state index contributed by atoms with van der Waals surface area (Å²) in [5.41, 5.74) is 1.83. The first-order valence-corrected chi connectivity index (χ1v) is 7.48. The first-order valence-electron chi connectivity index (χ1n) is 6.69. The number of hydrogen-bond donors (Lipinski definition) is 1. The molecule has 0 radical (unpaired) electrons. The number of fused-ring (bicyclic) bond motifs is 1. The molecule has 23 heavy (non-hydrogen) atoms. The largest absolute Gasteiger partial charge is 0.434 e. The van der Waals surface area contributed by atoms with E-state index in [2.05, 4.69) is 30.6 Å². The number of aliphatic hydroxyl groups excluding tert-OH is 1. The average Bonchev–Trinajstić information content (AvgIpc) is 2.81. The van der Waals surface area contributed by atoms with Crippen molar-refractivity contribution in [3.05, 3.63) is 58.2 Å². The fraction of sp³-hybridized carbons (Fsp3) is 0.200. The van der Waals surface area contributed by atoms with Gasteiger partial charge in [0.2, 0.25) is 0 Å². The smallest absolute Gasteiger partial charge is 0.387 e. The fourth-order valence-electron chi connectivity index (χ4n) is 2.45. The Morgan fingerprint density at radius 2 is 2.04 bits per heavy atom. The summed E-state index contributed by atoms with van der Waals surface area (Å²) < 4.78 is 31.8. The molecule has 1 N–H and O–H groups in total. The van der Waals surface area contributed by atoms with Crippen LogP contribution in [-0.2, 0) is 0 Å². The van der Waals surface area contributed by atoms with E-state index in [1.54, 1.807) is 35.9 Å². The van der Waals surface area contributed by atoms with Crippen LogP contribution in [0.4, 0.5) is 8.78 Å². The molecule has 0 amide bonds. The number of halogens is 3. The van der Waals surface area contributed by atoms with Crippen LogP contribution in [0.2, 0.25) is 0 Å². The third-order valence-corrected chi connectivity index (χ3v) is 3.80. The Labute approximate surface area is 138 Å². The first-order chi connectivity index (χ1) is 11.0. The van der Waals surface area contributed by atoms with Gasteiger partial charge in [-0.3, -0.25) is 4.40 Å². The zero-order valence-electron chi connectivity index (χ0n) is 11.9. The zero-order valence-corrected chi connectivity index (χ0v) is 13.5. The standard InChI is InChI=1S/C15H12BrF2N3O2/c1-8-13(21-7-11(16)19-6-12(21)20-8)14(22)9-4-2-3-5-10(9)23-15(17)18/h2-7,14-15,22H,1H3. The van der Waals surface area contributed by atoms with Gasteiger partial charge < -0.3 is 9.84 Å². The van der Waals surface area contributed by atoms with Crippen molar-refractivity contribution in [2.45, 2.75) is 19.6 Å². The predicted octanol–water partition coefficient (Wildman–Crippen LogP) is 3.48. The summed E-state index contributed by atoms with van der Waals surface area (Å²) >= 11 is 3.26. The van der Waals surface area contributed by atoms with E-state index in [4.69, 9.17) is 0 Å². The topological polar surface area (TPSA) is 59.7 Å². The molecular weight excluding hydrogens is 372 g/mol. The van der Waals surface area contributed by atoms with Crippen molar-refractivity contribution < 1.29 is 18.6 Å². The van der Waals surface area contributed by atoms with E-state index in [9.17, 15) is 13.9 Å². The fourth-order valence-corrected chi connectivity index (χ4v) is 2.76. The molecular formula is C15H12BrF2N3O2. The Hall–Kier alpha value is -2.06. The summed E-state index contributed by atoms with van der Waals surface area (Å²) in [4.78, 5) is 8.40. The molecule has 0 aliphatic carbocycles. The van der Waals surface area contributed by atoms with E-state index < -0.39 is 12.7 Å². The van der Waals surface area contributed by atoms with Crippen LogP contribution in [0.1, 0.15) is 23.1 Å². The number of benzene rings is 1. The minimum Gasteiger partial charge on any atom is -0.434 e. The van der Waals surface area contributed by atoms with Gasteiger partial charge in [-0.05, 0) is 28.9 Å². The molecule has 0 bridgehead atoms. The number of para-hydroxylation sites is 1. The number of aliphatic hydroxyl groups is 1. The Morgan fingerprint density at radius 3 is 2.78 bits per heavy atom. The van der Waals surface area contributed by atoms with Gasteiger partial charge in [0.25, 0.3) is 0 Å². The number of alkyl halides is 2. The number of imidazole rings is 1. The lowest BCUT2D eigenvalue weighted by Crippen LogP contribution is -2.10. The van der Waals surface area contributed by atoms with Crippen LogP contribution in [0.3, 0.4) is 0 Å². The molecule has 1 unspecified atom stereocenters. The van der Waals surface area contributed by atoms with Gasteiger partial charge in [0.05, 0.1) is 17.6 Å². The van der Waals surface area contributed by atoms with Crippen molar-refractivity contribution in [3.63, 3.8) is 0 Å². The minimum absolute atomic E-state index is 0.0718. The average molecular weight is 384 g/mol. The summed E-state index contributed by atoms with van der Waals surface area (Å²) in [7, 11) is 0. The molecule has 5 nitrogen and oxygen atoms in total. The van der Waals surface area contributed by atoms with Crippen LogP contribution in [0, 0.1) is 6.92 Å². The van der Waals surface area contributed by atoms with Crippen molar-refractivity contribution in [1.82, 2.24) is 14.4 Å². The van der Waals surface area contributed by atoms with Crippen LogP contribution in [0.25, 0.3) is 5.65 Å². The molecule has 0 aliphatic rings. The highest BCUT2D eigenvalue weighted by atomic mass is 79.9. The molecule has 2 heterocycles. The van der Waals surface area contributed by atoms with Crippen molar-refractivity contribution in [2.75, 3.05) is 0 Å². The third-order valence-electron chi connectivity index (χ3n) is 3.39. The van der Waals surface area contributed by atoms with E-state index >= 15 is 0 Å². The Kier molecular flexibility index (Phi) is 4.27. The van der Waals surface area contributed by atoms with Gasteiger partial charge in [-0.25, -0.2) is 9.97 Å². The second-order valence-corrected chi connectivity index (χ2v) is 5.65. The molecule has 2 aromatic heterocycles. The van der Waals surface area contributed by atoms with Crippen molar-refractivity contribution in [3.8, 4) is 5.75 Å². The van der Waals surface area contributed by atoms with Crippen molar-refractivity contribution in [2.24, 2.45) is 0 Å². The molecule has 120 valence electrons. The lowest BCUT2D eigenvalue weighted by atomic mass is 10.0. The summed E-state index contributed by atoms with van der Waals surface area (Å²) in [6.07, 6.45) is 2.04. The highest BCUT2D eigenvalue weighted by Gasteiger charge is 2.23. The molecule has 0 saturated carbocycles. The quantitative estimate of drug-likeness (QED) is 0.749. The molecule has 3 rings (SSSR count). The van der Waals surface area contributed by atoms with Gasteiger partial charge in [-0.15, -0.1) is 0 Å². The monoisotopic (exact) mass is 383 g/mol. The molecule has 0 fully saturated rings. The summed E-state index contributed by atoms with van der Waals surface area (Å²) in [6.45, 7) is -1.24. The molecule has 8 heteroatoms. The number of hydrogen-bond acceptors (Lipinski definition) is 4. The van der Waals surface area contributed by atoms with Gasteiger partial charge in [-0.1, -0.05) is 18.2 Å². The molecule has 0 aliphatic heterocycles. The first kappa shape index (κ1) is 15.8. The Morgan fingerprint density at radius 1 is 1.30 bits per heavy atom. The molecule has 0 saturated heterocycles. The van der Waals surface area contributed by atoms with E-state index in [0.29, 0.717) is 21.6 Å². The maximum absolute atomic E-state index is 12.6. The second kappa shape index (κ2) is 6.21. The van der Waals surface area contributed by atoms with Crippen LogP contribution >= 0.6 is 15.9 Å². The number of rotatable bonds is 4. The van der Waals surface area contributed by atoms with E-state index in [-0.39, 0.29) is 11.3 Å². The lowest BCUT2D eigenvalue weighted by molar-refractivity contribution is -0.0513. The van der Waals surface area contributed by atoms with Gasteiger partial charge in [0.1, 0.15) is 16.5 Å². The van der Waals surface area contributed by atoms with Crippen LogP contribution < -0.4 is 4.74 Å². The molecule has 0 spiro atoms. The minimum atomic E-state index is -2.97. The summed E-state index contributed by atoms with van der Waals surface area (Å²) in [5.74, 6) is -0.0718. The van der Waals surface area contributed by atoms with E-state index in [1.807, 2.05) is 0 Å². The van der Waals surface area contributed by atoms with Crippen LogP contribution in [-0.4, -0.2) is 26.1 Å². The highest BCUT2D eigenvalue weighted by Crippen LogP contribution is 2.32. The normalized spacial score (nSPS) is 12.8. The van der Waals surface area contributed by atoms with Gasteiger partial charge in [0.15, 0.2) is 5.65 Å². The van der Waals surface area contributed by atoms with Crippen molar-refractivity contribution in [1.29, 1.82) is 0 Å². The third kappa shape index (κ3) is 3.04. The van der Waals surface area contributed by atoms with Gasteiger partial charge in [-0.2, -0.15) is 8.78 Å². The molecule has 3 aromatic rings. The maximum Gasteiger partial charge on any atom is 0.387 e. The molecule has 1 atom stereocenters. The van der Waals surface area contributed by atoms with Crippen LogP contribution in [0.5, 0.6) is 5.75 Å². The highest BCUT2D eigenvalue weighted by molar-refractivity contribution is 9.10. The Balaban J connectivity index is 2.13. The SMILES string of the molecule is Cc1nc2cnc(Br)cn2c1C(O)c1ccccc1OC(F)F. The zero-order chi connectivity index (χ0) is 16.6. The van der Waals surface area contributed by atoms with Crippen molar-refractivity contribution >= 4 is 21.6 Å². The lowest BCUT2D eigenvalue weighted by Gasteiger charge is -2.16. The van der Waals surface area contributed by atoms with Gasteiger partial charge >= 0.3 is 6.61 Å². The summed E-state index contributed by atoms with van der Waals surface area (Å²) in [5, 5.41) is 10.7. The van der Waals surface area contributed by atoms with E-state index in [1.165, 1.54) is 12.1 Å². The Bertz CT molecular complexity index is 854.